The van der Waals surface area contributed by atoms with Gasteiger partial charge in [-0.25, -0.2) is 15.0 Å². The zero-order chi connectivity index (χ0) is 15.8. The molecule has 2 aromatic rings. The molecule has 3 heterocycles. The van der Waals surface area contributed by atoms with Crippen LogP contribution in [0.4, 0.5) is 11.6 Å². The Morgan fingerprint density at radius 2 is 2.04 bits per heavy atom. The van der Waals surface area contributed by atoms with Crippen molar-refractivity contribution >= 4 is 27.6 Å². The second-order valence-electron chi connectivity index (χ2n) is 6.33. The van der Waals surface area contributed by atoms with Gasteiger partial charge in [0.2, 0.25) is 0 Å². The van der Waals surface area contributed by atoms with E-state index in [1.807, 2.05) is 19.2 Å². The number of nitrogens with zero attached hydrogens (tertiary/aromatic N) is 5. The minimum atomic E-state index is 0.503. The van der Waals surface area contributed by atoms with Crippen molar-refractivity contribution in [1.29, 1.82) is 0 Å². The number of pyridine rings is 1. The first kappa shape index (κ1) is 14.9. The summed E-state index contributed by atoms with van der Waals surface area (Å²) in [6, 6.07) is 7.38. The van der Waals surface area contributed by atoms with Crippen LogP contribution in [-0.2, 0) is 0 Å². The van der Waals surface area contributed by atoms with Gasteiger partial charge in [-0.3, -0.25) is 0 Å². The summed E-state index contributed by atoms with van der Waals surface area (Å²) >= 11 is 3.53. The first-order valence-corrected chi connectivity index (χ1v) is 8.94. The number of hydrogen-bond donors (Lipinski definition) is 0. The zero-order valence-corrected chi connectivity index (χ0v) is 14.8. The van der Waals surface area contributed by atoms with Crippen molar-refractivity contribution in [3.63, 3.8) is 0 Å². The van der Waals surface area contributed by atoms with E-state index in [9.17, 15) is 0 Å². The van der Waals surface area contributed by atoms with E-state index in [1.165, 1.54) is 12.8 Å². The van der Waals surface area contributed by atoms with Gasteiger partial charge in [-0.1, -0.05) is 0 Å². The second-order valence-corrected chi connectivity index (χ2v) is 7.19. The van der Waals surface area contributed by atoms with E-state index in [-0.39, 0.29) is 0 Å². The Labute approximate surface area is 144 Å². The molecule has 1 aliphatic carbocycles. The predicted octanol–water partition coefficient (Wildman–Crippen LogP) is 3.19. The summed E-state index contributed by atoms with van der Waals surface area (Å²) in [6.07, 6.45) is 7.19. The highest BCUT2D eigenvalue weighted by Crippen LogP contribution is 2.35. The van der Waals surface area contributed by atoms with Crippen molar-refractivity contribution in [3.05, 3.63) is 40.9 Å². The fraction of sp³-hybridized carbons (Fsp3) is 0.471. The fourth-order valence-electron chi connectivity index (χ4n) is 3.35. The van der Waals surface area contributed by atoms with Crippen molar-refractivity contribution in [2.45, 2.75) is 38.3 Å². The molecule has 1 saturated carbocycles. The molecule has 1 aliphatic heterocycles. The molecule has 2 aliphatic rings. The lowest BCUT2D eigenvalue weighted by molar-refractivity contribution is 0.624. The lowest BCUT2D eigenvalue weighted by atomic mass is 10.2. The standard InChI is InChI=1S/C17H20BrN5/c1-12-15(18)4-5-17(21-12)22-9-7-14(10-22)23(13-2-3-13)16-6-8-19-11-20-16/h4-6,8,11,13-14H,2-3,7,9-10H2,1H3. The molecule has 120 valence electrons. The van der Waals surface area contributed by atoms with Gasteiger partial charge in [-0.05, 0) is 60.3 Å². The van der Waals surface area contributed by atoms with E-state index in [0.29, 0.717) is 12.1 Å². The molecule has 2 aromatic heterocycles. The number of rotatable bonds is 4. The molecule has 1 atom stereocenters. The summed E-state index contributed by atoms with van der Waals surface area (Å²) in [5.41, 5.74) is 1.04. The molecule has 0 spiro atoms. The van der Waals surface area contributed by atoms with Gasteiger partial charge in [0.25, 0.3) is 0 Å². The smallest absolute Gasteiger partial charge is 0.132 e. The summed E-state index contributed by atoms with van der Waals surface area (Å²) < 4.78 is 1.07. The van der Waals surface area contributed by atoms with E-state index in [4.69, 9.17) is 4.98 Å². The Bertz CT molecular complexity index is 689. The highest BCUT2D eigenvalue weighted by molar-refractivity contribution is 9.10. The van der Waals surface area contributed by atoms with Crippen LogP contribution >= 0.6 is 15.9 Å². The van der Waals surface area contributed by atoms with Gasteiger partial charge in [-0.15, -0.1) is 0 Å². The van der Waals surface area contributed by atoms with Crippen LogP contribution in [0, 0.1) is 6.92 Å². The van der Waals surface area contributed by atoms with E-state index in [1.54, 1.807) is 6.33 Å². The van der Waals surface area contributed by atoms with Crippen LogP contribution in [-0.4, -0.2) is 40.1 Å². The largest absolute Gasteiger partial charge is 0.354 e. The highest BCUT2D eigenvalue weighted by atomic mass is 79.9. The molecule has 0 radical (unpaired) electrons. The molecule has 0 bridgehead atoms. The van der Waals surface area contributed by atoms with E-state index >= 15 is 0 Å². The van der Waals surface area contributed by atoms with Crippen molar-refractivity contribution in [1.82, 2.24) is 15.0 Å². The molecule has 4 rings (SSSR count). The maximum atomic E-state index is 4.72. The molecular weight excluding hydrogens is 354 g/mol. The highest BCUT2D eigenvalue weighted by Gasteiger charge is 2.38. The quantitative estimate of drug-likeness (QED) is 0.823. The van der Waals surface area contributed by atoms with Crippen molar-refractivity contribution in [3.8, 4) is 0 Å². The van der Waals surface area contributed by atoms with Gasteiger partial charge in [0.15, 0.2) is 0 Å². The molecule has 0 aromatic carbocycles. The fourth-order valence-corrected chi connectivity index (χ4v) is 3.57. The van der Waals surface area contributed by atoms with Crippen LogP contribution in [0.5, 0.6) is 0 Å². The molecule has 1 unspecified atom stereocenters. The summed E-state index contributed by atoms with van der Waals surface area (Å²) in [7, 11) is 0. The van der Waals surface area contributed by atoms with Gasteiger partial charge >= 0.3 is 0 Å². The molecule has 6 heteroatoms. The first-order valence-electron chi connectivity index (χ1n) is 8.15. The van der Waals surface area contributed by atoms with Gasteiger partial charge in [0.1, 0.15) is 18.0 Å². The second kappa shape index (κ2) is 6.07. The Morgan fingerprint density at radius 3 is 2.74 bits per heavy atom. The van der Waals surface area contributed by atoms with Gasteiger partial charge < -0.3 is 9.80 Å². The average molecular weight is 374 g/mol. The van der Waals surface area contributed by atoms with Crippen molar-refractivity contribution in [2.24, 2.45) is 0 Å². The number of aryl methyl sites for hydroxylation is 1. The van der Waals surface area contributed by atoms with Gasteiger partial charge in [-0.2, -0.15) is 0 Å². The molecule has 0 N–H and O–H groups in total. The van der Waals surface area contributed by atoms with E-state index in [2.05, 4.69) is 47.8 Å². The van der Waals surface area contributed by atoms with E-state index in [0.717, 1.165) is 41.3 Å². The van der Waals surface area contributed by atoms with Crippen LogP contribution in [0.1, 0.15) is 25.0 Å². The maximum absolute atomic E-state index is 4.72. The summed E-state index contributed by atoms with van der Waals surface area (Å²) in [6.45, 7) is 4.10. The van der Waals surface area contributed by atoms with E-state index < -0.39 is 0 Å². The van der Waals surface area contributed by atoms with Gasteiger partial charge in [0.05, 0.1) is 5.69 Å². The number of halogens is 1. The Balaban J connectivity index is 1.53. The number of hydrogen-bond acceptors (Lipinski definition) is 5. The molecule has 2 fully saturated rings. The van der Waals surface area contributed by atoms with Crippen molar-refractivity contribution < 1.29 is 0 Å². The van der Waals surface area contributed by atoms with Crippen LogP contribution in [0.2, 0.25) is 0 Å². The van der Waals surface area contributed by atoms with Crippen LogP contribution in [0.15, 0.2) is 35.2 Å². The SMILES string of the molecule is Cc1nc(N2CCC(N(c3ccncn3)C3CC3)C2)ccc1Br. The normalized spacial score (nSPS) is 20.8. The maximum Gasteiger partial charge on any atom is 0.132 e. The zero-order valence-electron chi connectivity index (χ0n) is 13.2. The number of anilines is 2. The molecule has 1 saturated heterocycles. The number of aromatic nitrogens is 3. The summed E-state index contributed by atoms with van der Waals surface area (Å²) in [5, 5.41) is 0. The predicted molar refractivity (Wildman–Crippen MR) is 94.8 cm³/mol. The Hall–Kier alpha value is -1.69. The minimum absolute atomic E-state index is 0.503. The third-order valence-corrected chi connectivity index (χ3v) is 5.50. The van der Waals surface area contributed by atoms with Crippen LogP contribution in [0.25, 0.3) is 0 Å². The van der Waals surface area contributed by atoms with Gasteiger partial charge in [0, 0.05) is 35.8 Å². The molecule has 5 nitrogen and oxygen atoms in total. The lowest BCUT2D eigenvalue weighted by Gasteiger charge is -2.30. The Morgan fingerprint density at radius 1 is 1.17 bits per heavy atom. The molecule has 0 amide bonds. The minimum Gasteiger partial charge on any atom is -0.354 e. The third-order valence-electron chi connectivity index (χ3n) is 4.66. The first-order chi connectivity index (χ1) is 11.2. The monoisotopic (exact) mass is 373 g/mol. The average Bonchev–Trinajstić information content (AvgIpc) is 3.28. The Kier molecular flexibility index (Phi) is 3.93. The lowest BCUT2D eigenvalue weighted by Crippen LogP contribution is -2.40. The molecule has 23 heavy (non-hydrogen) atoms. The van der Waals surface area contributed by atoms with Crippen LogP contribution < -0.4 is 9.80 Å². The van der Waals surface area contributed by atoms with Crippen molar-refractivity contribution in [2.75, 3.05) is 22.9 Å². The van der Waals surface area contributed by atoms with Crippen LogP contribution in [0.3, 0.4) is 0 Å². The third kappa shape index (κ3) is 3.04. The summed E-state index contributed by atoms with van der Waals surface area (Å²) in [5.74, 6) is 2.14. The summed E-state index contributed by atoms with van der Waals surface area (Å²) in [4.78, 5) is 18.1. The topological polar surface area (TPSA) is 45.2 Å². The molecular formula is C17H20BrN5.